The van der Waals surface area contributed by atoms with Crippen molar-refractivity contribution in [1.82, 2.24) is 0 Å². The van der Waals surface area contributed by atoms with Crippen LogP contribution in [0.4, 0.5) is 0 Å². The largest absolute Gasteiger partial charge is 0.0651 e. The minimum Gasteiger partial charge on any atom is -0.0651 e. The summed E-state index contributed by atoms with van der Waals surface area (Å²) in [5, 5.41) is 0. The third-order valence-electron chi connectivity index (χ3n) is 5.92. The Morgan fingerprint density at radius 2 is 1.81 bits per heavy atom. The third kappa shape index (κ3) is 2.63. The summed E-state index contributed by atoms with van der Waals surface area (Å²) < 4.78 is 0. The van der Waals surface area contributed by atoms with Crippen molar-refractivity contribution in [1.29, 1.82) is 0 Å². The van der Waals surface area contributed by atoms with Gasteiger partial charge in [0.1, 0.15) is 0 Å². The molecule has 1 fully saturated rings. The quantitative estimate of drug-likeness (QED) is 0.557. The van der Waals surface area contributed by atoms with Crippen molar-refractivity contribution in [3.63, 3.8) is 0 Å². The Morgan fingerprint density at radius 1 is 1.25 bits per heavy atom. The molecule has 16 heavy (non-hydrogen) atoms. The standard InChI is InChI=1S/C16H32/c1-8-14-13(4)16(14,7)11-9-10-15(5,6)12(2)3/h12-14H,8-11H2,1-7H3. The van der Waals surface area contributed by atoms with Crippen LogP contribution >= 0.6 is 0 Å². The summed E-state index contributed by atoms with van der Waals surface area (Å²) >= 11 is 0. The van der Waals surface area contributed by atoms with E-state index < -0.39 is 0 Å². The SMILES string of the molecule is CCC1C(C)C1(C)CCCC(C)(C)C(C)C. The fourth-order valence-electron chi connectivity index (χ4n) is 3.36. The van der Waals surface area contributed by atoms with E-state index in [-0.39, 0.29) is 0 Å². The van der Waals surface area contributed by atoms with Crippen molar-refractivity contribution >= 4 is 0 Å². The van der Waals surface area contributed by atoms with E-state index in [1.54, 1.807) is 0 Å². The summed E-state index contributed by atoms with van der Waals surface area (Å²) in [5.41, 5.74) is 1.21. The fraction of sp³-hybridized carbons (Fsp3) is 1.00. The Balaban J connectivity index is 2.32. The molecule has 0 N–H and O–H groups in total. The number of hydrogen-bond donors (Lipinski definition) is 0. The maximum Gasteiger partial charge on any atom is -0.0266 e. The van der Waals surface area contributed by atoms with Gasteiger partial charge in [0.2, 0.25) is 0 Å². The second-order valence-corrected chi connectivity index (χ2v) is 7.31. The van der Waals surface area contributed by atoms with Crippen LogP contribution in [0.2, 0.25) is 0 Å². The van der Waals surface area contributed by atoms with Crippen LogP contribution in [-0.2, 0) is 0 Å². The molecule has 3 unspecified atom stereocenters. The Hall–Kier alpha value is 0. The number of rotatable bonds is 6. The summed E-state index contributed by atoms with van der Waals surface area (Å²) in [6.07, 6.45) is 5.64. The predicted octanol–water partition coefficient (Wildman–Crippen LogP) is 5.52. The molecule has 0 heterocycles. The van der Waals surface area contributed by atoms with Crippen molar-refractivity contribution in [2.75, 3.05) is 0 Å². The second-order valence-electron chi connectivity index (χ2n) is 7.31. The monoisotopic (exact) mass is 224 g/mol. The van der Waals surface area contributed by atoms with E-state index in [1.807, 2.05) is 0 Å². The molecule has 0 heteroatoms. The van der Waals surface area contributed by atoms with Gasteiger partial charge in [-0.3, -0.25) is 0 Å². The van der Waals surface area contributed by atoms with Crippen LogP contribution in [0.15, 0.2) is 0 Å². The summed E-state index contributed by atoms with van der Waals surface area (Å²) in [4.78, 5) is 0. The Bertz CT molecular complexity index is 226. The zero-order chi connectivity index (χ0) is 12.6. The minimum absolute atomic E-state index is 0.524. The van der Waals surface area contributed by atoms with Crippen molar-refractivity contribution in [2.45, 2.75) is 74.1 Å². The van der Waals surface area contributed by atoms with Crippen LogP contribution in [-0.4, -0.2) is 0 Å². The van der Waals surface area contributed by atoms with Crippen molar-refractivity contribution < 1.29 is 0 Å². The van der Waals surface area contributed by atoms with E-state index in [0.717, 1.165) is 17.8 Å². The van der Waals surface area contributed by atoms with Gasteiger partial charge in [0.25, 0.3) is 0 Å². The molecular weight excluding hydrogens is 192 g/mol. The van der Waals surface area contributed by atoms with Crippen LogP contribution in [0.1, 0.15) is 74.1 Å². The Morgan fingerprint density at radius 3 is 2.19 bits per heavy atom. The molecule has 0 spiro atoms. The zero-order valence-electron chi connectivity index (χ0n) is 12.6. The maximum absolute atomic E-state index is 2.51. The van der Waals surface area contributed by atoms with Gasteiger partial charge in [-0.05, 0) is 41.4 Å². The highest BCUT2D eigenvalue weighted by Gasteiger charge is 2.55. The maximum atomic E-state index is 2.51. The van der Waals surface area contributed by atoms with Crippen LogP contribution in [0.5, 0.6) is 0 Å². The molecule has 0 bridgehead atoms. The van der Waals surface area contributed by atoms with Crippen LogP contribution in [0.25, 0.3) is 0 Å². The fourth-order valence-corrected chi connectivity index (χ4v) is 3.36. The summed E-state index contributed by atoms with van der Waals surface area (Å²) in [6, 6.07) is 0. The summed E-state index contributed by atoms with van der Waals surface area (Å²) in [6.45, 7) is 16.9. The Kier molecular flexibility index (Phi) is 4.13. The lowest BCUT2D eigenvalue weighted by atomic mass is 9.76. The van der Waals surface area contributed by atoms with Gasteiger partial charge in [0.15, 0.2) is 0 Å². The molecule has 1 aliphatic rings. The molecule has 3 atom stereocenters. The second kappa shape index (κ2) is 4.70. The van der Waals surface area contributed by atoms with Crippen molar-refractivity contribution in [2.24, 2.45) is 28.6 Å². The predicted molar refractivity (Wildman–Crippen MR) is 73.5 cm³/mol. The molecule has 0 aromatic heterocycles. The molecule has 0 aromatic carbocycles. The highest BCUT2D eigenvalue weighted by atomic mass is 14.6. The molecule has 0 radical (unpaired) electrons. The number of hydrogen-bond acceptors (Lipinski definition) is 0. The first kappa shape index (κ1) is 14.1. The van der Waals surface area contributed by atoms with Gasteiger partial charge < -0.3 is 0 Å². The minimum atomic E-state index is 0.524. The van der Waals surface area contributed by atoms with Gasteiger partial charge in [-0.1, -0.05) is 61.3 Å². The first-order valence-electron chi connectivity index (χ1n) is 7.25. The van der Waals surface area contributed by atoms with Crippen molar-refractivity contribution in [3.05, 3.63) is 0 Å². The van der Waals surface area contributed by atoms with E-state index >= 15 is 0 Å². The van der Waals surface area contributed by atoms with Gasteiger partial charge in [-0.2, -0.15) is 0 Å². The lowest BCUT2D eigenvalue weighted by Crippen LogP contribution is -2.19. The Labute approximate surface area is 103 Å². The molecule has 1 aliphatic carbocycles. The molecule has 0 nitrogen and oxygen atoms in total. The molecule has 1 rings (SSSR count). The average Bonchev–Trinajstić information content (AvgIpc) is 2.68. The first-order valence-corrected chi connectivity index (χ1v) is 7.25. The molecular formula is C16H32. The van der Waals surface area contributed by atoms with Gasteiger partial charge >= 0.3 is 0 Å². The van der Waals surface area contributed by atoms with Gasteiger partial charge in [-0.25, -0.2) is 0 Å². The lowest BCUT2D eigenvalue weighted by Gasteiger charge is -2.29. The van der Waals surface area contributed by atoms with E-state index in [0.29, 0.717) is 10.8 Å². The molecule has 0 aliphatic heterocycles. The van der Waals surface area contributed by atoms with E-state index in [1.165, 1.54) is 25.7 Å². The first-order chi connectivity index (χ1) is 7.25. The molecule has 0 amide bonds. The third-order valence-corrected chi connectivity index (χ3v) is 5.92. The molecule has 1 saturated carbocycles. The van der Waals surface area contributed by atoms with Crippen LogP contribution in [0.3, 0.4) is 0 Å². The normalized spacial score (nSPS) is 34.5. The van der Waals surface area contributed by atoms with E-state index in [2.05, 4.69) is 48.5 Å². The summed E-state index contributed by atoms with van der Waals surface area (Å²) in [5.74, 6) is 2.79. The van der Waals surface area contributed by atoms with Gasteiger partial charge in [0.05, 0.1) is 0 Å². The summed E-state index contributed by atoms with van der Waals surface area (Å²) in [7, 11) is 0. The highest BCUT2D eigenvalue weighted by Crippen LogP contribution is 2.62. The zero-order valence-corrected chi connectivity index (χ0v) is 12.6. The van der Waals surface area contributed by atoms with Gasteiger partial charge in [-0.15, -0.1) is 0 Å². The smallest absolute Gasteiger partial charge is 0.0266 e. The molecule has 0 saturated heterocycles. The topological polar surface area (TPSA) is 0 Å². The lowest BCUT2D eigenvalue weighted by molar-refractivity contribution is 0.213. The van der Waals surface area contributed by atoms with Crippen LogP contribution in [0, 0.1) is 28.6 Å². The molecule has 96 valence electrons. The van der Waals surface area contributed by atoms with E-state index in [4.69, 9.17) is 0 Å². The highest BCUT2D eigenvalue weighted by molar-refractivity contribution is 5.04. The van der Waals surface area contributed by atoms with Crippen LogP contribution < -0.4 is 0 Å². The van der Waals surface area contributed by atoms with Gasteiger partial charge in [0, 0.05) is 0 Å². The van der Waals surface area contributed by atoms with Crippen molar-refractivity contribution in [3.8, 4) is 0 Å². The molecule has 0 aromatic rings. The van der Waals surface area contributed by atoms with E-state index in [9.17, 15) is 0 Å². The average molecular weight is 224 g/mol.